The van der Waals surface area contributed by atoms with Gasteiger partial charge in [-0.25, -0.2) is 4.98 Å². The first-order valence-corrected chi connectivity index (χ1v) is 12.2. The molecule has 2 saturated heterocycles. The summed E-state index contributed by atoms with van der Waals surface area (Å²) in [5.41, 5.74) is 1.16. The van der Waals surface area contributed by atoms with E-state index in [2.05, 4.69) is 30.4 Å². The fraction of sp³-hybridized carbons (Fsp3) is 0.560. The second-order valence-electron chi connectivity index (χ2n) is 9.50. The smallest absolute Gasteiger partial charge is 0.274 e. The largest absolute Gasteiger partial charge is 0.355 e. The zero-order chi connectivity index (χ0) is 21.8. The first kappa shape index (κ1) is 21.3. The lowest BCUT2D eigenvalue weighted by Gasteiger charge is -2.24. The second kappa shape index (κ2) is 9.96. The molecular weight excluding hydrogens is 400 g/mol. The molecule has 1 aliphatic carbocycles. The Morgan fingerprint density at radius 1 is 1.00 bits per heavy atom. The first-order chi connectivity index (χ1) is 15.7. The molecule has 3 fully saturated rings. The van der Waals surface area contributed by atoms with Gasteiger partial charge in [0.25, 0.3) is 5.91 Å². The van der Waals surface area contributed by atoms with Crippen molar-refractivity contribution in [1.82, 2.24) is 20.2 Å². The minimum Gasteiger partial charge on any atom is -0.355 e. The van der Waals surface area contributed by atoms with Crippen molar-refractivity contribution in [2.45, 2.75) is 50.6 Å². The monoisotopic (exact) mass is 434 g/mol. The zero-order valence-corrected chi connectivity index (χ0v) is 18.7. The number of anilines is 2. The summed E-state index contributed by atoms with van der Waals surface area (Å²) in [4.78, 5) is 26.2. The molecule has 0 spiro atoms. The molecule has 5 rings (SSSR count). The standard InChI is InChI=1S/C25H34N6O/c32-25(28-20-8-12-26-13-9-20)23-6-3-7-24(29-23)31-15-11-21(18-31)27-16-19-10-14-30(17-19)22-4-1-2-5-22/h3,6-9,12-13,19,21-22,27H,1-2,4-5,10-11,14-18H2,(H,26,28,32)/t19-,21+/m0/s1. The Labute approximate surface area is 190 Å². The normalized spacial score (nSPS) is 24.3. The van der Waals surface area contributed by atoms with Crippen LogP contribution in [-0.4, -0.2) is 65.6 Å². The molecule has 3 aliphatic rings. The molecule has 1 amide bonds. The van der Waals surface area contributed by atoms with E-state index in [1.807, 2.05) is 12.1 Å². The van der Waals surface area contributed by atoms with E-state index in [0.717, 1.165) is 49.5 Å². The maximum absolute atomic E-state index is 12.6. The van der Waals surface area contributed by atoms with Gasteiger partial charge in [-0.05, 0) is 69.0 Å². The Morgan fingerprint density at radius 3 is 2.69 bits per heavy atom. The number of amides is 1. The summed E-state index contributed by atoms with van der Waals surface area (Å²) in [5.74, 6) is 1.47. The highest BCUT2D eigenvalue weighted by atomic mass is 16.1. The Balaban J connectivity index is 1.10. The van der Waals surface area contributed by atoms with E-state index in [1.54, 1.807) is 30.6 Å². The quantitative estimate of drug-likeness (QED) is 0.697. The van der Waals surface area contributed by atoms with Gasteiger partial charge in [0.15, 0.2) is 0 Å². The molecule has 7 nitrogen and oxygen atoms in total. The van der Waals surface area contributed by atoms with E-state index in [-0.39, 0.29) is 5.91 Å². The van der Waals surface area contributed by atoms with Crippen LogP contribution < -0.4 is 15.5 Å². The molecule has 2 aromatic rings. The molecule has 4 heterocycles. The van der Waals surface area contributed by atoms with Gasteiger partial charge in [-0.1, -0.05) is 18.9 Å². The van der Waals surface area contributed by atoms with Crippen molar-refractivity contribution in [3.8, 4) is 0 Å². The van der Waals surface area contributed by atoms with E-state index in [0.29, 0.717) is 11.7 Å². The van der Waals surface area contributed by atoms with Crippen LogP contribution in [0.2, 0.25) is 0 Å². The van der Waals surface area contributed by atoms with Gasteiger partial charge in [-0.3, -0.25) is 9.78 Å². The zero-order valence-electron chi connectivity index (χ0n) is 18.7. The van der Waals surface area contributed by atoms with E-state index in [1.165, 1.54) is 45.2 Å². The van der Waals surface area contributed by atoms with Crippen LogP contribution in [0.15, 0.2) is 42.7 Å². The number of nitrogens with one attached hydrogen (secondary N) is 2. The van der Waals surface area contributed by atoms with Crippen molar-refractivity contribution >= 4 is 17.4 Å². The topological polar surface area (TPSA) is 73.4 Å². The molecule has 0 aromatic carbocycles. The third-order valence-electron chi connectivity index (χ3n) is 7.27. The van der Waals surface area contributed by atoms with Gasteiger partial charge in [0, 0.05) is 49.8 Å². The molecule has 7 heteroatoms. The van der Waals surface area contributed by atoms with E-state index >= 15 is 0 Å². The number of carbonyl (C=O) groups is 1. The molecule has 32 heavy (non-hydrogen) atoms. The van der Waals surface area contributed by atoms with Gasteiger partial charge in [0.05, 0.1) is 0 Å². The number of hydrogen-bond donors (Lipinski definition) is 2. The third-order valence-corrected chi connectivity index (χ3v) is 7.27. The van der Waals surface area contributed by atoms with Crippen molar-refractivity contribution < 1.29 is 4.79 Å². The van der Waals surface area contributed by atoms with Crippen LogP contribution in [0.1, 0.15) is 49.0 Å². The Bertz CT molecular complexity index is 900. The van der Waals surface area contributed by atoms with Crippen LogP contribution in [0, 0.1) is 5.92 Å². The van der Waals surface area contributed by atoms with E-state index < -0.39 is 0 Å². The number of nitrogens with zero attached hydrogens (tertiary/aromatic N) is 4. The maximum atomic E-state index is 12.6. The maximum Gasteiger partial charge on any atom is 0.274 e. The van der Waals surface area contributed by atoms with Crippen LogP contribution in [0.25, 0.3) is 0 Å². The number of hydrogen-bond acceptors (Lipinski definition) is 6. The van der Waals surface area contributed by atoms with Gasteiger partial charge < -0.3 is 20.4 Å². The number of pyridine rings is 2. The molecule has 2 atom stereocenters. The van der Waals surface area contributed by atoms with Crippen molar-refractivity contribution in [1.29, 1.82) is 0 Å². The Morgan fingerprint density at radius 2 is 1.84 bits per heavy atom. The van der Waals surface area contributed by atoms with Gasteiger partial charge in [-0.2, -0.15) is 0 Å². The molecule has 2 aromatic heterocycles. The average molecular weight is 435 g/mol. The van der Waals surface area contributed by atoms with Crippen LogP contribution in [0.4, 0.5) is 11.5 Å². The number of carbonyl (C=O) groups excluding carboxylic acids is 1. The fourth-order valence-corrected chi connectivity index (χ4v) is 5.45. The van der Waals surface area contributed by atoms with Crippen molar-refractivity contribution in [2.24, 2.45) is 5.92 Å². The number of aromatic nitrogens is 2. The molecule has 170 valence electrons. The number of rotatable bonds is 7. The summed E-state index contributed by atoms with van der Waals surface area (Å²) in [5, 5.41) is 6.71. The first-order valence-electron chi connectivity index (χ1n) is 12.2. The lowest BCUT2D eigenvalue weighted by molar-refractivity contribution is 0.102. The van der Waals surface area contributed by atoms with Crippen molar-refractivity contribution in [3.63, 3.8) is 0 Å². The molecular formula is C25H34N6O. The Hall–Kier alpha value is -2.51. The summed E-state index contributed by atoms with van der Waals surface area (Å²) < 4.78 is 0. The summed E-state index contributed by atoms with van der Waals surface area (Å²) in [6.07, 6.45) is 11.4. The average Bonchev–Trinajstić information content (AvgIpc) is 3.60. The minimum atomic E-state index is -0.194. The van der Waals surface area contributed by atoms with Gasteiger partial charge in [0.2, 0.25) is 0 Å². The summed E-state index contributed by atoms with van der Waals surface area (Å²) >= 11 is 0. The van der Waals surface area contributed by atoms with Gasteiger partial charge in [0.1, 0.15) is 11.5 Å². The van der Waals surface area contributed by atoms with Crippen molar-refractivity contribution in [3.05, 3.63) is 48.4 Å². The number of likely N-dealkylation sites (tertiary alicyclic amines) is 1. The molecule has 0 radical (unpaired) electrons. The lowest BCUT2D eigenvalue weighted by Crippen LogP contribution is -2.37. The van der Waals surface area contributed by atoms with Crippen molar-refractivity contribution in [2.75, 3.05) is 42.9 Å². The highest BCUT2D eigenvalue weighted by Gasteiger charge is 2.31. The van der Waals surface area contributed by atoms with Crippen LogP contribution >= 0.6 is 0 Å². The second-order valence-corrected chi connectivity index (χ2v) is 9.50. The molecule has 2 aliphatic heterocycles. The highest BCUT2D eigenvalue weighted by molar-refractivity contribution is 6.03. The van der Waals surface area contributed by atoms with E-state index in [4.69, 9.17) is 0 Å². The van der Waals surface area contributed by atoms with Crippen LogP contribution in [0.5, 0.6) is 0 Å². The molecule has 2 N–H and O–H groups in total. The van der Waals surface area contributed by atoms with Crippen LogP contribution in [-0.2, 0) is 0 Å². The summed E-state index contributed by atoms with van der Waals surface area (Å²) in [6.45, 7) is 5.58. The SMILES string of the molecule is O=C(Nc1ccncc1)c1cccc(N2CC[C@@H](NC[C@@H]3CCN(C4CCCC4)C3)C2)n1. The fourth-order valence-electron chi connectivity index (χ4n) is 5.45. The van der Waals surface area contributed by atoms with Gasteiger partial charge >= 0.3 is 0 Å². The Kier molecular flexibility index (Phi) is 6.64. The molecule has 1 saturated carbocycles. The minimum absolute atomic E-state index is 0.194. The summed E-state index contributed by atoms with van der Waals surface area (Å²) in [7, 11) is 0. The molecule has 0 bridgehead atoms. The van der Waals surface area contributed by atoms with E-state index in [9.17, 15) is 4.79 Å². The predicted molar refractivity (Wildman–Crippen MR) is 127 cm³/mol. The predicted octanol–water partition coefficient (Wildman–Crippen LogP) is 3.16. The summed E-state index contributed by atoms with van der Waals surface area (Å²) in [6, 6.07) is 10.6. The van der Waals surface area contributed by atoms with Gasteiger partial charge in [-0.15, -0.1) is 0 Å². The molecule has 0 unspecified atom stereocenters. The highest BCUT2D eigenvalue weighted by Crippen LogP contribution is 2.28. The van der Waals surface area contributed by atoms with Crippen LogP contribution in [0.3, 0.4) is 0 Å². The lowest BCUT2D eigenvalue weighted by atomic mass is 10.1. The third kappa shape index (κ3) is 5.10.